The number of nitrogens with zero attached hydrogens (tertiary/aromatic N) is 1. The third-order valence-electron chi connectivity index (χ3n) is 3.15. The maximum absolute atomic E-state index is 11.9. The Hall–Kier alpha value is -1.95. The zero-order valence-corrected chi connectivity index (χ0v) is 12.8. The van der Waals surface area contributed by atoms with Gasteiger partial charge in [-0.05, 0) is 18.1 Å². The summed E-state index contributed by atoms with van der Waals surface area (Å²) in [5, 5.41) is 12.5. The smallest absolute Gasteiger partial charge is 0.326 e. The van der Waals surface area contributed by atoms with Gasteiger partial charge in [0, 0.05) is 12.8 Å². The topological polar surface area (TPSA) is 79.3 Å². The summed E-state index contributed by atoms with van der Waals surface area (Å²) in [7, 11) is 0. The lowest BCUT2D eigenvalue weighted by Crippen LogP contribution is -2.44. The number of nitrogens with one attached hydrogen (secondary N) is 1. The van der Waals surface area contributed by atoms with Crippen LogP contribution < -0.4 is 5.32 Å². The molecule has 0 bridgehead atoms. The molecule has 1 atom stereocenters. The van der Waals surface area contributed by atoms with Crippen LogP contribution in [0.4, 0.5) is 0 Å². The van der Waals surface area contributed by atoms with Gasteiger partial charge in [-0.2, -0.15) is 0 Å². The monoisotopic (exact) mass is 306 g/mol. The molecule has 2 rings (SSSR count). The molecule has 0 aliphatic carbocycles. The minimum atomic E-state index is -1.00. The van der Waals surface area contributed by atoms with Gasteiger partial charge in [0.1, 0.15) is 6.04 Å². The van der Waals surface area contributed by atoms with Gasteiger partial charge < -0.3 is 10.4 Å². The predicted octanol–water partition coefficient (Wildman–Crippen LogP) is 2.45. The number of carboxylic acid groups (broad SMARTS) is 1. The van der Waals surface area contributed by atoms with Crippen molar-refractivity contribution in [3.05, 3.63) is 29.3 Å². The summed E-state index contributed by atoms with van der Waals surface area (Å²) in [6.07, 6.45) is 0.770. The molecule has 1 amide bonds. The Morgan fingerprint density at radius 1 is 1.33 bits per heavy atom. The van der Waals surface area contributed by atoms with E-state index in [2.05, 4.69) is 10.3 Å². The Morgan fingerprint density at radius 2 is 2.05 bits per heavy atom. The second-order valence-electron chi connectivity index (χ2n) is 5.20. The van der Waals surface area contributed by atoms with E-state index in [1.54, 1.807) is 25.2 Å². The number of benzene rings is 1. The zero-order valence-electron chi connectivity index (χ0n) is 12.0. The number of hydrogen-bond donors (Lipinski definition) is 2. The number of aliphatic carboxylic acids is 1. The number of aromatic nitrogens is 1. The molecule has 21 heavy (non-hydrogen) atoms. The summed E-state index contributed by atoms with van der Waals surface area (Å²) in [6, 6.07) is 6.98. The SMILES string of the molecule is CC(C)[C@@H](NC(=O)CCc1nc2ccccc2s1)C(=O)O. The molecule has 2 aromatic rings. The lowest BCUT2D eigenvalue weighted by molar-refractivity contribution is -0.143. The molecule has 2 N–H and O–H groups in total. The molecule has 0 aliphatic rings. The zero-order chi connectivity index (χ0) is 15.4. The second-order valence-corrected chi connectivity index (χ2v) is 6.32. The summed E-state index contributed by atoms with van der Waals surface area (Å²) >= 11 is 1.56. The lowest BCUT2D eigenvalue weighted by Gasteiger charge is -2.17. The van der Waals surface area contributed by atoms with Crippen LogP contribution in [0.15, 0.2) is 24.3 Å². The Labute approximate surface area is 127 Å². The number of hydrogen-bond acceptors (Lipinski definition) is 4. The van der Waals surface area contributed by atoms with Gasteiger partial charge in [0.15, 0.2) is 0 Å². The van der Waals surface area contributed by atoms with Crippen molar-refractivity contribution in [3.63, 3.8) is 0 Å². The van der Waals surface area contributed by atoms with E-state index in [0.29, 0.717) is 6.42 Å². The number of rotatable bonds is 6. The van der Waals surface area contributed by atoms with Crippen molar-refractivity contribution in [3.8, 4) is 0 Å². The third-order valence-corrected chi connectivity index (χ3v) is 4.25. The van der Waals surface area contributed by atoms with Crippen LogP contribution in [0, 0.1) is 5.92 Å². The standard InChI is InChI=1S/C15H18N2O3S/c1-9(2)14(15(19)20)17-12(18)7-8-13-16-10-5-3-4-6-11(10)21-13/h3-6,9,14H,7-8H2,1-2H3,(H,17,18)(H,19,20)/t14-/m1/s1. The number of carbonyl (C=O) groups is 2. The number of aryl methyl sites for hydroxylation is 1. The maximum Gasteiger partial charge on any atom is 0.326 e. The van der Waals surface area contributed by atoms with Gasteiger partial charge in [0.05, 0.1) is 15.2 Å². The molecule has 0 saturated heterocycles. The summed E-state index contributed by atoms with van der Waals surface area (Å²) in [5.41, 5.74) is 0.934. The molecule has 1 aromatic carbocycles. The van der Waals surface area contributed by atoms with E-state index in [0.717, 1.165) is 15.2 Å². The van der Waals surface area contributed by atoms with Crippen LogP contribution in [0.2, 0.25) is 0 Å². The van der Waals surface area contributed by atoms with Crippen LogP contribution in [0.25, 0.3) is 10.2 Å². The Morgan fingerprint density at radius 3 is 2.67 bits per heavy atom. The van der Waals surface area contributed by atoms with Crippen molar-refractivity contribution in [2.24, 2.45) is 5.92 Å². The Balaban J connectivity index is 1.93. The van der Waals surface area contributed by atoms with E-state index in [4.69, 9.17) is 5.11 Å². The van der Waals surface area contributed by atoms with Gasteiger partial charge in [0.25, 0.3) is 0 Å². The minimum absolute atomic E-state index is 0.145. The first-order valence-electron chi connectivity index (χ1n) is 6.84. The molecule has 1 heterocycles. The fraction of sp³-hybridized carbons (Fsp3) is 0.400. The van der Waals surface area contributed by atoms with Gasteiger partial charge in [-0.3, -0.25) is 4.79 Å². The summed E-state index contributed by atoms with van der Waals surface area (Å²) in [4.78, 5) is 27.4. The number of amides is 1. The van der Waals surface area contributed by atoms with E-state index in [1.165, 1.54) is 0 Å². The molecular weight excluding hydrogens is 288 g/mol. The van der Waals surface area contributed by atoms with E-state index in [-0.39, 0.29) is 18.2 Å². The quantitative estimate of drug-likeness (QED) is 0.859. The van der Waals surface area contributed by atoms with Crippen LogP contribution in [-0.4, -0.2) is 28.0 Å². The fourth-order valence-corrected chi connectivity index (χ4v) is 2.97. The first kappa shape index (κ1) is 15.4. The van der Waals surface area contributed by atoms with Crippen LogP contribution >= 0.6 is 11.3 Å². The molecule has 0 unspecified atom stereocenters. The summed E-state index contributed by atoms with van der Waals surface area (Å²) < 4.78 is 1.10. The summed E-state index contributed by atoms with van der Waals surface area (Å²) in [6.45, 7) is 3.54. The molecule has 1 aromatic heterocycles. The third kappa shape index (κ3) is 4.01. The Bertz CT molecular complexity index is 618. The maximum atomic E-state index is 11.9. The highest BCUT2D eigenvalue weighted by molar-refractivity contribution is 7.18. The van der Waals surface area contributed by atoms with Crippen LogP contribution in [0.5, 0.6) is 0 Å². The molecule has 0 spiro atoms. The molecule has 112 valence electrons. The normalized spacial score (nSPS) is 12.5. The molecule has 0 radical (unpaired) electrons. The number of carbonyl (C=O) groups excluding carboxylic acids is 1. The van der Waals surface area contributed by atoms with Crippen molar-refractivity contribution in [2.45, 2.75) is 32.7 Å². The van der Waals surface area contributed by atoms with Crippen LogP contribution in [0.1, 0.15) is 25.3 Å². The van der Waals surface area contributed by atoms with Crippen molar-refractivity contribution >= 4 is 33.4 Å². The van der Waals surface area contributed by atoms with E-state index < -0.39 is 12.0 Å². The van der Waals surface area contributed by atoms with Crippen molar-refractivity contribution in [2.75, 3.05) is 0 Å². The summed E-state index contributed by atoms with van der Waals surface area (Å²) in [5.74, 6) is -1.40. The van der Waals surface area contributed by atoms with E-state index in [1.807, 2.05) is 24.3 Å². The molecular formula is C15H18N2O3S. The number of para-hydroxylation sites is 1. The highest BCUT2D eigenvalue weighted by atomic mass is 32.1. The van der Waals surface area contributed by atoms with Gasteiger partial charge in [0.2, 0.25) is 5.91 Å². The first-order chi connectivity index (χ1) is 9.97. The van der Waals surface area contributed by atoms with E-state index >= 15 is 0 Å². The van der Waals surface area contributed by atoms with Crippen molar-refractivity contribution in [1.82, 2.24) is 10.3 Å². The highest BCUT2D eigenvalue weighted by Gasteiger charge is 2.23. The van der Waals surface area contributed by atoms with Crippen molar-refractivity contribution in [1.29, 1.82) is 0 Å². The highest BCUT2D eigenvalue weighted by Crippen LogP contribution is 2.22. The van der Waals surface area contributed by atoms with Crippen LogP contribution in [-0.2, 0) is 16.0 Å². The van der Waals surface area contributed by atoms with E-state index in [9.17, 15) is 9.59 Å². The first-order valence-corrected chi connectivity index (χ1v) is 7.65. The average Bonchev–Trinajstić information content (AvgIpc) is 2.84. The molecule has 0 fully saturated rings. The predicted molar refractivity (Wildman–Crippen MR) is 82.3 cm³/mol. The number of carboxylic acids is 1. The molecule has 0 saturated carbocycles. The lowest BCUT2D eigenvalue weighted by atomic mass is 10.0. The average molecular weight is 306 g/mol. The van der Waals surface area contributed by atoms with Crippen LogP contribution in [0.3, 0.4) is 0 Å². The molecule has 0 aliphatic heterocycles. The fourth-order valence-electron chi connectivity index (χ4n) is 2.01. The number of fused-ring (bicyclic) bond motifs is 1. The van der Waals surface area contributed by atoms with Gasteiger partial charge in [-0.15, -0.1) is 11.3 Å². The molecule has 5 nitrogen and oxygen atoms in total. The minimum Gasteiger partial charge on any atom is -0.480 e. The largest absolute Gasteiger partial charge is 0.480 e. The van der Waals surface area contributed by atoms with Crippen molar-refractivity contribution < 1.29 is 14.7 Å². The van der Waals surface area contributed by atoms with Gasteiger partial charge in [-0.25, -0.2) is 9.78 Å². The van der Waals surface area contributed by atoms with Gasteiger partial charge in [-0.1, -0.05) is 26.0 Å². The number of thiazole rings is 1. The van der Waals surface area contributed by atoms with Gasteiger partial charge >= 0.3 is 5.97 Å². The second kappa shape index (κ2) is 6.67. The molecule has 6 heteroatoms. The Kier molecular flexibility index (Phi) is 4.90.